The first-order valence-electron chi connectivity index (χ1n) is 3.46. The number of thiazole rings is 1. The summed E-state index contributed by atoms with van der Waals surface area (Å²) in [7, 11) is 0. The Morgan fingerprint density at radius 3 is 3.08 bits per heavy atom. The molecule has 12 heavy (non-hydrogen) atoms. The molecule has 2 rings (SSSR count). The molecule has 0 amide bonds. The molecule has 0 atom stereocenters. The summed E-state index contributed by atoms with van der Waals surface area (Å²) in [5, 5.41) is 0. The number of rotatable bonds is 1. The van der Waals surface area contributed by atoms with Gasteiger partial charge in [0.1, 0.15) is 0 Å². The Balaban J connectivity index is 2.74. The van der Waals surface area contributed by atoms with Gasteiger partial charge in [-0.2, -0.15) is 0 Å². The van der Waals surface area contributed by atoms with Crippen LogP contribution >= 0.6 is 35.3 Å². The molecule has 0 aliphatic carbocycles. The molecule has 0 aliphatic rings. The Morgan fingerprint density at radius 2 is 2.33 bits per heavy atom. The van der Waals surface area contributed by atoms with E-state index in [-0.39, 0.29) is 0 Å². The van der Waals surface area contributed by atoms with Gasteiger partial charge < -0.3 is 4.98 Å². The molecule has 62 valence electrons. The molecule has 0 fully saturated rings. The summed E-state index contributed by atoms with van der Waals surface area (Å²) in [6.07, 6.45) is 2.08. The van der Waals surface area contributed by atoms with Gasteiger partial charge >= 0.3 is 0 Å². The number of aromatic amines is 1. The van der Waals surface area contributed by atoms with Crippen LogP contribution in [0, 0.1) is 3.95 Å². The van der Waals surface area contributed by atoms with Crippen LogP contribution in [0.1, 0.15) is 0 Å². The minimum atomic E-state index is 0.850. The van der Waals surface area contributed by atoms with Crippen molar-refractivity contribution >= 4 is 45.5 Å². The van der Waals surface area contributed by atoms with Gasteiger partial charge in [-0.1, -0.05) is 0 Å². The second-order valence-electron chi connectivity index (χ2n) is 2.38. The fraction of sp³-hybridized carbons (Fsp3) is 0.125. The van der Waals surface area contributed by atoms with Crippen molar-refractivity contribution in [1.29, 1.82) is 0 Å². The zero-order valence-corrected chi connectivity index (χ0v) is 8.91. The monoisotopic (exact) mass is 213 g/mol. The molecule has 1 aromatic heterocycles. The van der Waals surface area contributed by atoms with Crippen molar-refractivity contribution in [2.24, 2.45) is 0 Å². The third kappa shape index (κ3) is 1.42. The van der Waals surface area contributed by atoms with Gasteiger partial charge in [0, 0.05) is 4.90 Å². The Morgan fingerprint density at radius 1 is 1.50 bits per heavy atom. The van der Waals surface area contributed by atoms with Gasteiger partial charge in [-0.05, 0) is 36.7 Å². The Labute approximate surface area is 83.8 Å². The number of hydrogen-bond acceptors (Lipinski definition) is 3. The zero-order chi connectivity index (χ0) is 8.55. The summed E-state index contributed by atoms with van der Waals surface area (Å²) in [5.74, 6) is 0. The highest BCUT2D eigenvalue weighted by Crippen LogP contribution is 2.24. The number of aromatic nitrogens is 1. The molecule has 1 N–H and O–H groups in total. The van der Waals surface area contributed by atoms with E-state index >= 15 is 0 Å². The van der Waals surface area contributed by atoms with Crippen molar-refractivity contribution in [2.45, 2.75) is 4.90 Å². The van der Waals surface area contributed by atoms with E-state index in [2.05, 4.69) is 29.4 Å². The Hall–Kier alpha value is -0.320. The first-order chi connectivity index (χ1) is 5.79. The number of benzene rings is 1. The van der Waals surface area contributed by atoms with E-state index in [1.807, 2.05) is 0 Å². The predicted octanol–water partition coefficient (Wildman–Crippen LogP) is 3.68. The van der Waals surface area contributed by atoms with E-state index in [0.29, 0.717) is 0 Å². The van der Waals surface area contributed by atoms with Crippen LogP contribution in [-0.2, 0) is 0 Å². The average molecular weight is 213 g/mol. The van der Waals surface area contributed by atoms with Crippen molar-refractivity contribution < 1.29 is 0 Å². The molecular formula is C8H7NS3. The fourth-order valence-electron chi connectivity index (χ4n) is 1.05. The lowest BCUT2D eigenvalue weighted by Crippen LogP contribution is -1.69. The van der Waals surface area contributed by atoms with Crippen LogP contribution in [0.5, 0.6) is 0 Å². The van der Waals surface area contributed by atoms with Gasteiger partial charge in [-0.25, -0.2) is 0 Å². The molecule has 4 heteroatoms. The topological polar surface area (TPSA) is 15.8 Å². The van der Waals surface area contributed by atoms with Crippen LogP contribution in [0.15, 0.2) is 23.1 Å². The van der Waals surface area contributed by atoms with Crippen LogP contribution in [0.3, 0.4) is 0 Å². The van der Waals surface area contributed by atoms with E-state index in [1.165, 1.54) is 9.60 Å². The second kappa shape index (κ2) is 3.20. The van der Waals surface area contributed by atoms with E-state index in [0.717, 1.165) is 9.47 Å². The van der Waals surface area contributed by atoms with Crippen molar-refractivity contribution in [3.8, 4) is 0 Å². The third-order valence-electron chi connectivity index (χ3n) is 1.63. The lowest BCUT2D eigenvalue weighted by molar-refractivity contribution is 1.44. The summed E-state index contributed by atoms with van der Waals surface area (Å²) >= 11 is 8.43. The lowest BCUT2D eigenvalue weighted by atomic mass is 10.3. The minimum Gasteiger partial charge on any atom is -0.337 e. The van der Waals surface area contributed by atoms with Gasteiger partial charge in [0.05, 0.1) is 10.2 Å². The van der Waals surface area contributed by atoms with Crippen LogP contribution in [0.2, 0.25) is 0 Å². The zero-order valence-electron chi connectivity index (χ0n) is 6.46. The summed E-state index contributed by atoms with van der Waals surface area (Å²) in [4.78, 5) is 4.42. The van der Waals surface area contributed by atoms with Crippen molar-refractivity contribution in [1.82, 2.24) is 4.98 Å². The maximum Gasteiger partial charge on any atom is 0.159 e. The Bertz CT molecular complexity index is 455. The normalized spacial score (nSPS) is 10.8. The highest BCUT2D eigenvalue weighted by molar-refractivity contribution is 7.98. The van der Waals surface area contributed by atoms with Gasteiger partial charge in [-0.3, -0.25) is 0 Å². The van der Waals surface area contributed by atoms with Crippen LogP contribution in [0.4, 0.5) is 0 Å². The standard InChI is InChI=1S/C8H7NS3/c1-11-5-2-3-6-7(4-5)12-8(10)9-6/h2-4H,1H3,(H,9,10). The van der Waals surface area contributed by atoms with Gasteiger partial charge in [0.15, 0.2) is 3.95 Å². The molecular weight excluding hydrogens is 206 g/mol. The van der Waals surface area contributed by atoms with E-state index in [1.54, 1.807) is 23.1 Å². The first-order valence-corrected chi connectivity index (χ1v) is 5.91. The summed E-state index contributed by atoms with van der Waals surface area (Å²) in [6, 6.07) is 6.34. The summed E-state index contributed by atoms with van der Waals surface area (Å²) < 4.78 is 2.09. The molecule has 0 aliphatic heterocycles. The number of nitrogens with one attached hydrogen (secondary N) is 1. The smallest absolute Gasteiger partial charge is 0.159 e. The predicted molar refractivity (Wildman–Crippen MR) is 58.8 cm³/mol. The van der Waals surface area contributed by atoms with Gasteiger partial charge in [-0.15, -0.1) is 23.1 Å². The maximum atomic E-state index is 5.05. The highest BCUT2D eigenvalue weighted by atomic mass is 32.2. The van der Waals surface area contributed by atoms with Crippen LogP contribution < -0.4 is 0 Å². The van der Waals surface area contributed by atoms with Gasteiger partial charge in [0.25, 0.3) is 0 Å². The number of thioether (sulfide) groups is 1. The number of H-pyrrole nitrogens is 1. The maximum absolute atomic E-state index is 5.05. The lowest BCUT2D eigenvalue weighted by Gasteiger charge is -1.93. The second-order valence-corrected chi connectivity index (χ2v) is 4.98. The summed E-state index contributed by atoms with van der Waals surface area (Å²) in [6.45, 7) is 0. The molecule has 0 bridgehead atoms. The molecule has 2 aromatic rings. The van der Waals surface area contributed by atoms with E-state index < -0.39 is 0 Å². The molecule has 1 aromatic carbocycles. The Kier molecular flexibility index (Phi) is 2.21. The molecule has 1 heterocycles. The van der Waals surface area contributed by atoms with Crippen LogP contribution in [0.25, 0.3) is 10.2 Å². The minimum absolute atomic E-state index is 0.850. The third-order valence-corrected chi connectivity index (χ3v) is 3.55. The molecule has 1 nitrogen and oxygen atoms in total. The fourth-order valence-corrected chi connectivity index (χ4v) is 2.72. The average Bonchev–Trinajstić information content (AvgIpc) is 2.43. The highest BCUT2D eigenvalue weighted by Gasteiger charge is 1.97. The van der Waals surface area contributed by atoms with Crippen molar-refractivity contribution in [3.63, 3.8) is 0 Å². The number of fused-ring (bicyclic) bond motifs is 1. The molecule has 0 radical (unpaired) electrons. The van der Waals surface area contributed by atoms with Crippen molar-refractivity contribution in [3.05, 3.63) is 22.2 Å². The number of hydrogen-bond donors (Lipinski definition) is 1. The van der Waals surface area contributed by atoms with Crippen molar-refractivity contribution in [2.75, 3.05) is 6.26 Å². The SMILES string of the molecule is CSc1ccc2[nH]c(=S)sc2c1. The molecule has 0 unspecified atom stereocenters. The first kappa shape index (κ1) is 8.29. The molecule has 0 saturated heterocycles. The van der Waals surface area contributed by atoms with E-state index in [4.69, 9.17) is 12.2 Å². The molecule has 0 saturated carbocycles. The van der Waals surface area contributed by atoms with E-state index in [9.17, 15) is 0 Å². The molecule has 0 spiro atoms. The van der Waals surface area contributed by atoms with Gasteiger partial charge in [0.2, 0.25) is 0 Å². The quantitative estimate of drug-likeness (QED) is 0.574. The summed E-state index contributed by atoms with van der Waals surface area (Å²) in [5.41, 5.74) is 1.14. The largest absolute Gasteiger partial charge is 0.337 e. The van der Waals surface area contributed by atoms with Crippen LogP contribution in [-0.4, -0.2) is 11.2 Å².